The van der Waals surface area contributed by atoms with Crippen molar-refractivity contribution in [2.24, 2.45) is 5.92 Å². The van der Waals surface area contributed by atoms with Crippen molar-refractivity contribution >= 4 is 50.4 Å². The highest BCUT2D eigenvalue weighted by Crippen LogP contribution is 2.23. The summed E-state index contributed by atoms with van der Waals surface area (Å²) in [5.41, 5.74) is 0.626. The number of aliphatic carboxylic acids is 1. The fourth-order valence-electron chi connectivity index (χ4n) is 2.19. The minimum Gasteiger partial charge on any atom is -0.481 e. The molecule has 2 rings (SSSR count). The molecule has 0 spiro atoms. The molecule has 4 nitrogen and oxygen atoms in total. The molecule has 6 heteroatoms. The Bertz CT molecular complexity index is 521. The van der Waals surface area contributed by atoms with E-state index in [1.165, 1.54) is 0 Å². The fourth-order valence-corrected chi connectivity index (χ4v) is 3.12. The maximum Gasteiger partial charge on any atom is 0.308 e. The summed E-state index contributed by atoms with van der Waals surface area (Å²) in [5.74, 6) is -1.35. The van der Waals surface area contributed by atoms with Crippen LogP contribution >= 0.6 is 38.5 Å². The van der Waals surface area contributed by atoms with Crippen LogP contribution in [0.15, 0.2) is 22.7 Å². The average molecular weight is 438 g/mol. The second-order valence-electron chi connectivity index (χ2n) is 4.55. The van der Waals surface area contributed by atoms with E-state index in [1.807, 2.05) is 12.1 Å². The number of piperidine rings is 1. The third-order valence-corrected chi connectivity index (χ3v) is 4.65. The van der Waals surface area contributed by atoms with Crippen LogP contribution in [0.2, 0.25) is 0 Å². The van der Waals surface area contributed by atoms with E-state index in [9.17, 15) is 9.59 Å². The Balaban J connectivity index is 2.19. The molecule has 0 aliphatic carbocycles. The molecule has 1 aromatic carbocycles. The van der Waals surface area contributed by atoms with Crippen LogP contribution in [0.1, 0.15) is 23.2 Å². The first-order valence-corrected chi connectivity index (χ1v) is 7.83. The first-order valence-electron chi connectivity index (χ1n) is 5.96. The zero-order valence-corrected chi connectivity index (χ0v) is 13.8. The summed E-state index contributed by atoms with van der Waals surface area (Å²) in [6.45, 7) is 0.933. The van der Waals surface area contributed by atoms with Gasteiger partial charge in [-0.05, 0) is 53.6 Å². The number of carbonyl (C=O) groups is 2. The highest BCUT2D eigenvalue weighted by Gasteiger charge is 2.29. The van der Waals surface area contributed by atoms with Crippen molar-refractivity contribution in [3.05, 3.63) is 31.8 Å². The lowest BCUT2D eigenvalue weighted by Crippen LogP contribution is -2.42. The van der Waals surface area contributed by atoms with Gasteiger partial charge in [-0.3, -0.25) is 9.59 Å². The number of hydrogen-bond donors (Lipinski definition) is 1. The third kappa shape index (κ3) is 3.47. The van der Waals surface area contributed by atoms with Crippen molar-refractivity contribution < 1.29 is 14.7 Å². The normalized spacial score (nSPS) is 19.3. The molecule has 1 aliphatic rings. The molecule has 1 aliphatic heterocycles. The average Bonchev–Trinajstić information content (AvgIpc) is 2.41. The molecule has 102 valence electrons. The minimum absolute atomic E-state index is 0.0864. The molecule has 1 amide bonds. The molecule has 1 saturated heterocycles. The van der Waals surface area contributed by atoms with Gasteiger partial charge in [0.2, 0.25) is 0 Å². The fraction of sp³-hybridized carbons (Fsp3) is 0.385. The molecular weight excluding hydrogens is 425 g/mol. The molecule has 0 saturated carbocycles. The number of carbonyl (C=O) groups excluding carboxylic acids is 1. The van der Waals surface area contributed by atoms with Gasteiger partial charge in [-0.2, -0.15) is 0 Å². The number of halogens is 2. The number of hydrogen-bond acceptors (Lipinski definition) is 2. The number of carboxylic acid groups (broad SMARTS) is 1. The quantitative estimate of drug-likeness (QED) is 0.723. The maximum absolute atomic E-state index is 12.4. The van der Waals surface area contributed by atoms with E-state index in [0.29, 0.717) is 25.1 Å². The van der Waals surface area contributed by atoms with Crippen molar-refractivity contribution in [2.45, 2.75) is 12.8 Å². The Morgan fingerprint density at radius 3 is 2.84 bits per heavy atom. The van der Waals surface area contributed by atoms with Crippen molar-refractivity contribution in [2.75, 3.05) is 13.1 Å². The van der Waals surface area contributed by atoms with Crippen molar-refractivity contribution in [3.8, 4) is 0 Å². The zero-order chi connectivity index (χ0) is 14.0. The highest BCUT2D eigenvalue weighted by molar-refractivity contribution is 14.1. The first-order chi connectivity index (χ1) is 8.99. The number of rotatable bonds is 2. The lowest BCUT2D eigenvalue weighted by molar-refractivity contribution is -0.143. The van der Waals surface area contributed by atoms with Gasteiger partial charge in [0.05, 0.1) is 11.5 Å². The maximum atomic E-state index is 12.4. The van der Waals surface area contributed by atoms with E-state index in [1.54, 1.807) is 11.0 Å². The highest BCUT2D eigenvalue weighted by atomic mass is 127. The summed E-state index contributed by atoms with van der Waals surface area (Å²) in [4.78, 5) is 25.1. The second kappa shape index (κ2) is 6.21. The van der Waals surface area contributed by atoms with Crippen LogP contribution in [0.25, 0.3) is 0 Å². The molecule has 19 heavy (non-hydrogen) atoms. The predicted molar refractivity (Wildman–Crippen MR) is 83.1 cm³/mol. The number of nitrogens with zero attached hydrogens (tertiary/aromatic N) is 1. The van der Waals surface area contributed by atoms with Crippen LogP contribution in [0.5, 0.6) is 0 Å². The van der Waals surface area contributed by atoms with Gasteiger partial charge in [0.25, 0.3) is 5.91 Å². The van der Waals surface area contributed by atoms with Crippen LogP contribution in [-0.4, -0.2) is 35.0 Å². The summed E-state index contributed by atoms with van der Waals surface area (Å²) in [6, 6.07) is 5.54. The van der Waals surface area contributed by atoms with Crippen LogP contribution in [0.3, 0.4) is 0 Å². The predicted octanol–water partition coefficient (Wildman–Crippen LogP) is 2.99. The lowest BCUT2D eigenvalue weighted by atomic mass is 9.97. The molecule has 0 radical (unpaired) electrons. The van der Waals surface area contributed by atoms with Gasteiger partial charge in [-0.25, -0.2) is 0 Å². The molecule has 1 aromatic rings. The van der Waals surface area contributed by atoms with Gasteiger partial charge < -0.3 is 10.0 Å². The molecule has 0 unspecified atom stereocenters. The Morgan fingerprint density at radius 2 is 2.16 bits per heavy atom. The smallest absolute Gasteiger partial charge is 0.308 e. The largest absolute Gasteiger partial charge is 0.481 e. The lowest BCUT2D eigenvalue weighted by Gasteiger charge is -2.31. The summed E-state index contributed by atoms with van der Waals surface area (Å²) < 4.78 is 1.73. The summed E-state index contributed by atoms with van der Waals surface area (Å²) in [7, 11) is 0. The van der Waals surface area contributed by atoms with E-state index >= 15 is 0 Å². The molecule has 1 fully saturated rings. The Hall–Kier alpha value is -0.630. The van der Waals surface area contributed by atoms with Crippen LogP contribution in [0, 0.1) is 9.49 Å². The molecule has 1 N–H and O–H groups in total. The number of likely N-dealkylation sites (tertiary alicyclic amines) is 1. The van der Waals surface area contributed by atoms with Crippen LogP contribution in [0.4, 0.5) is 0 Å². The Morgan fingerprint density at radius 1 is 1.42 bits per heavy atom. The third-order valence-electron chi connectivity index (χ3n) is 3.22. The van der Waals surface area contributed by atoms with Gasteiger partial charge >= 0.3 is 5.97 Å². The van der Waals surface area contributed by atoms with Crippen molar-refractivity contribution in [1.82, 2.24) is 4.90 Å². The van der Waals surface area contributed by atoms with Crippen molar-refractivity contribution in [3.63, 3.8) is 0 Å². The monoisotopic (exact) mass is 437 g/mol. The topological polar surface area (TPSA) is 57.6 Å². The standard InChI is InChI=1S/C13H13BrINO3/c14-9-3-4-11(15)10(6-9)12(17)16-5-1-2-8(7-16)13(18)19/h3-4,6,8H,1-2,5,7H2,(H,18,19)/t8-/m1/s1. The van der Waals surface area contributed by atoms with Crippen LogP contribution < -0.4 is 0 Å². The molecule has 0 bridgehead atoms. The molecule has 0 aromatic heterocycles. The van der Waals surface area contributed by atoms with E-state index < -0.39 is 11.9 Å². The Kier molecular flexibility index (Phi) is 4.83. The summed E-state index contributed by atoms with van der Waals surface area (Å²) in [6.07, 6.45) is 1.39. The summed E-state index contributed by atoms with van der Waals surface area (Å²) >= 11 is 5.48. The van der Waals surface area contributed by atoms with Gasteiger partial charge in [-0.1, -0.05) is 15.9 Å². The SMILES string of the molecule is O=C(O)[C@@H]1CCCN(C(=O)c2cc(Br)ccc2I)C1. The molecule has 1 atom stereocenters. The number of amides is 1. The van der Waals surface area contributed by atoms with Crippen molar-refractivity contribution in [1.29, 1.82) is 0 Å². The van der Waals surface area contributed by atoms with Gasteiger partial charge in [-0.15, -0.1) is 0 Å². The zero-order valence-electron chi connectivity index (χ0n) is 10.1. The van der Waals surface area contributed by atoms with E-state index in [2.05, 4.69) is 38.5 Å². The van der Waals surface area contributed by atoms with E-state index in [4.69, 9.17) is 5.11 Å². The van der Waals surface area contributed by atoms with Gasteiger partial charge in [0.1, 0.15) is 0 Å². The van der Waals surface area contributed by atoms with Gasteiger partial charge in [0.15, 0.2) is 0 Å². The Labute approximate surface area is 133 Å². The molecular formula is C13H13BrINO3. The number of benzene rings is 1. The summed E-state index contributed by atoms with van der Waals surface area (Å²) in [5, 5.41) is 9.06. The number of carboxylic acids is 1. The minimum atomic E-state index is -0.818. The van der Waals surface area contributed by atoms with E-state index in [-0.39, 0.29) is 5.91 Å². The second-order valence-corrected chi connectivity index (χ2v) is 6.63. The van der Waals surface area contributed by atoms with Crippen LogP contribution in [-0.2, 0) is 4.79 Å². The molecule has 1 heterocycles. The van der Waals surface area contributed by atoms with Gasteiger partial charge in [0, 0.05) is 21.1 Å². The van der Waals surface area contributed by atoms with E-state index in [0.717, 1.165) is 14.5 Å². The first kappa shape index (κ1) is 14.8.